The number of allylic oxidation sites excluding steroid dienone is 1. The van der Waals surface area contributed by atoms with Crippen molar-refractivity contribution in [3.8, 4) is 5.75 Å². The molecule has 3 aromatic rings. The Labute approximate surface area is 172 Å². The Kier molecular flexibility index (Phi) is 5.00. The maximum absolute atomic E-state index is 12.6. The van der Waals surface area contributed by atoms with Crippen LogP contribution in [-0.4, -0.2) is 43.0 Å². The number of fused-ring (bicyclic) bond motifs is 2. The second-order valence-electron chi connectivity index (χ2n) is 7.23. The van der Waals surface area contributed by atoms with Gasteiger partial charge in [0.15, 0.2) is 0 Å². The number of halogens is 1. The average molecular weight is 440 g/mol. The maximum Gasteiger partial charge on any atom is 0.256 e. The Balaban J connectivity index is 1.68. The molecule has 1 aliphatic heterocycles. The van der Waals surface area contributed by atoms with Gasteiger partial charge in [-0.25, -0.2) is 0 Å². The number of hydrogen-bond donors (Lipinski definition) is 2. The summed E-state index contributed by atoms with van der Waals surface area (Å²) in [6.07, 6.45) is 0. The van der Waals surface area contributed by atoms with Crippen molar-refractivity contribution in [1.82, 2.24) is 9.88 Å². The predicted octanol–water partition coefficient (Wildman–Crippen LogP) is 4.75. The van der Waals surface area contributed by atoms with Gasteiger partial charge in [-0.3, -0.25) is 4.79 Å². The lowest BCUT2D eigenvalue weighted by molar-refractivity contribution is -0.110. The Bertz CT molecular complexity index is 1100. The largest absolute Gasteiger partial charge is 0.492 e. The summed E-state index contributed by atoms with van der Waals surface area (Å²) in [5.41, 5.74) is 5.32. The summed E-state index contributed by atoms with van der Waals surface area (Å²) < 4.78 is 6.78. The molecule has 0 saturated carbocycles. The van der Waals surface area contributed by atoms with E-state index in [-0.39, 0.29) is 5.91 Å². The van der Waals surface area contributed by atoms with Crippen LogP contribution in [0.5, 0.6) is 5.75 Å². The van der Waals surface area contributed by atoms with Crippen LogP contribution in [0.1, 0.15) is 18.2 Å². The number of H-pyrrole nitrogens is 1. The van der Waals surface area contributed by atoms with E-state index in [1.807, 2.05) is 57.4 Å². The average Bonchev–Trinajstić information content (AvgIpc) is 3.20. The maximum atomic E-state index is 12.6. The van der Waals surface area contributed by atoms with Crippen LogP contribution in [0.4, 0.5) is 5.69 Å². The predicted molar refractivity (Wildman–Crippen MR) is 118 cm³/mol. The first-order chi connectivity index (χ1) is 13.4. The molecule has 0 radical (unpaired) electrons. The van der Waals surface area contributed by atoms with Crippen LogP contribution in [0.3, 0.4) is 0 Å². The smallest absolute Gasteiger partial charge is 0.256 e. The van der Waals surface area contributed by atoms with Gasteiger partial charge in [0, 0.05) is 38.9 Å². The Morgan fingerprint density at radius 1 is 1.14 bits per heavy atom. The Morgan fingerprint density at radius 3 is 2.75 bits per heavy atom. The molecular weight excluding hydrogens is 418 g/mol. The van der Waals surface area contributed by atoms with E-state index in [1.54, 1.807) is 0 Å². The number of hydrogen-bond acceptors (Lipinski definition) is 3. The van der Waals surface area contributed by atoms with Crippen molar-refractivity contribution < 1.29 is 9.53 Å². The van der Waals surface area contributed by atoms with Crippen molar-refractivity contribution in [1.29, 1.82) is 0 Å². The van der Waals surface area contributed by atoms with E-state index in [1.165, 1.54) is 0 Å². The van der Waals surface area contributed by atoms with E-state index >= 15 is 0 Å². The lowest BCUT2D eigenvalue weighted by atomic mass is 10.00. The zero-order valence-corrected chi connectivity index (χ0v) is 17.7. The van der Waals surface area contributed by atoms with E-state index in [0.717, 1.165) is 50.2 Å². The highest BCUT2D eigenvalue weighted by molar-refractivity contribution is 9.10. The fourth-order valence-corrected chi connectivity index (χ4v) is 3.76. The molecule has 0 bridgehead atoms. The molecule has 0 spiro atoms. The van der Waals surface area contributed by atoms with Crippen molar-refractivity contribution in [2.75, 3.05) is 32.6 Å². The van der Waals surface area contributed by atoms with Crippen LogP contribution in [0.2, 0.25) is 0 Å². The molecule has 4 rings (SSSR count). The lowest BCUT2D eigenvalue weighted by Gasteiger charge is -2.10. The molecule has 1 aromatic heterocycles. The molecule has 2 N–H and O–H groups in total. The van der Waals surface area contributed by atoms with Crippen LogP contribution in [0.25, 0.3) is 22.0 Å². The third kappa shape index (κ3) is 3.57. The van der Waals surface area contributed by atoms with E-state index < -0.39 is 0 Å². The number of likely N-dealkylation sites (N-methyl/N-ethyl adjacent to an activating group) is 1. The van der Waals surface area contributed by atoms with Crippen LogP contribution in [-0.2, 0) is 4.79 Å². The van der Waals surface area contributed by atoms with Gasteiger partial charge in [-0.15, -0.1) is 0 Å². The SMILES string of the molecule is C/C(=C1/C(=O)Nc2ccc(Br)cc21)c1cc2cc(OCCN(C)C)ccc2[nH]1. The molecule has 5 nitrogen and oxygen atoms in total. The van der Waals surface area contributed by atoms with Crippen LogP contribution in [0.15, 0.2) is 46.9 Å². The highest BCUT2D eigenvalue weighted by Gasteiger charge is 2.27. The quantitative estimate of drug-likeness (QED) is 0.563. The minimum atomic E-state index is -0.0723. The molecule has 2 heterocycles. The highest BCUT2D eigenvalue weighted by Crippen LogP contribution is 2.38. The topological polar surface area (TPSA) is 57.4 Å². The number of nitrogens with zero attached hydrogens (tertiary/aromatic N) is 1. The number of anilines is 1. The van der Waals surface area contributed by atoms with Gasteiger partial charge in [0.1, 0.15) is 12.4 Å². The molecule has 0 atom stereocenters. The van der Waals surface area contributed by atoms with E-state index in [4.69, 9.17) is 4.74 Å². The number of carbonyl (C=O) groups excluding carboxylic acids is 1. The van der Waals surface area contributed by atoms with Gasteiger partial charge >= 0.3 is 0 Å². The molecular formula is C22H22BrN3O2. The number of aromatic nitrogens is 1. The van der Waals surface area contributed by atoms with E-state index in [9.17, 15) is 4.79 Å². The molecule has 1 aliphatic rings. The van der Waals surface area contributed by atoms with Crippen LogP contribution >= 0.6 is 15.9 Å². The summed E-state index contributed by atoms with van der Waals surface area (Å²) in [7, 11) is 4.05. The molecule has 0 fully saturated rings. The van der Waals surface area contributed by atoms with Crippen molar-refractivity contribution >= 4 is 49.6 Å². The minimum Gasteiger partial charge on any atom is -0.492 e. The standard InChI is InChI=1S/C22H22BrN3O2/c1-13(21-17-12-15(23)4-6-19(17)25-22(21)27)20-11-14-10-16(5-7-18(14)24-20)28-9-8-26(2)3/h4-7,10-12,24H,8-9H2,1-3H3,(H,25,27)/b21-13-. The van der Waals surface area contributed by atoms with Gasteiger partial charge in [-0.1, -0.05) is 15.9 Å². The molecule has 0 unspecified atom stereocenters. The number of nitrogens with one attached hydrogen (secondary N) is 2. The second kappa shape index (κ2) is 7.45. The molecule has 144 valence electrons. The summed E-state index contributed by atoms with van der Waals surface area (Å²) in [6, 6.07) is 13.9. The Morgan fingerprint density at radius 2 is 1.96 bits per heavy atom. The summed E-state index contributed by atoms with van der Waals surface area (Å²) in [6.45, 7) is 3.49. The molecule has 2 aromatic carbocycles. The first-order valence-electron chi connectivity index (χ1n) is 9.15. The summed E-state index contributed by atoms with van der Waals surface area (Å²) >= 11 is 3.50. The van der Waals surface area contributed by atoms with Gasteiger partial charge in [-0.2, -0.15) is 0 Å². The number of aromatic amines is 1. The van der Waals surface area contributed by atoms with E-state index in [2.05, 4.69) is 37.2 Å². The molecule has 0 saturated heterocycles. The first-order valence-corrected chi connectivity index (χ1v) is 9.94. The van der Waals surface area contributed by atoms with Crippen molar-refractivity contribution in [2.45, 2.75) is 6.92 Å². The normalized spacial score (nSPS) is 15.1. The van der Waals surface area contributed by atoms with Crippen molar-refractivity contribution in [3.63, 3.8) is 0 Å². The van der Waals surface area contributed by atoms with E-state index in [0.29, 0.717) is 12.2 Å². The highest BCUT2D eigenvalue weighted by atomic mass is 79.9. The summed E-state index contributed by atoms with van der Waals surface area (Å²) in [4.78, 5) is 18.1. The Hall–Kier alpha value is -2.57. The molecule has 0 aliphatic carbocycles. The molecule has 6 heteroatoms. The third-order valence-electron chi connectivity index (χ3n) is 4.90. The number of amides is 1. The minimum absolute atomic E-state index is 0.0723. The van der Waals surface area contributed by atoms with Gasteiger partial charge in [-0.05, 0) is 69.1 Å². The van der Waals surface area contributed by atoms with Gasteiger partial charge in [0.2, 0.25) is 0 Å². The monoisotopic (exact) mass is 439 g/mol. The first kappa shape index (κ1) is 18.8. The molecule has 1 amide bonds. The van der Waals surface area contributed by atoms with Crippen LogP contribution < -0.4 is 10.1 Å². The number of rotatable bonds is 5. The third-order valence-corrected chi connectivity index (χ3v) is 5.40. The number of carbonyl (C=O) groups is 1. The zero-order chi connectivity index (χ0) is 19.8. The lowest BCUT2D eigenvalue weighted by Crippen LogP contribution is -2.19. The van der Waals surface area contributed by atoms with Crippen molar-refractivity contribution in [2.24, 2.45) is 0 Å². The summed E-state index contributed by atoms with van der Waals surface area (Å²) in [5.74, 6) is 0.773. The second-order valence-corrected chi connectivity index (χ2v) is 8.14. The summed E-state index contributed by atoms with van der Waals surface area (Å²) in [5, 5.41) is 4.01. The van der Waals surface area contributed by atoms with Gasteiger partial charge in [0.05, 0.1) is 5.57 Å². The fraction of sp³-hybridized carbons (Fsp3) is 0.227. The number of ether oxygens (including phenoxy) is 1. The molecule has 28 heavy (non-hydrogen) atoms. The van der Waals surface area contributed by atoms with Crippen LogP contribution in [0, 0.1) is 0 Å². The van der Waals surface area contributed by atoms with Gasteiger partial charge in [0.25, 0.3) is 5.91 Å². The van der Waals surface area contributed by atoms with Crippen molar-refractivity contribution in [3.05, 3.63) is 58.2 Å². The van der Waals surface area contributed by atoms with Gasteiger partial charge < -0.3 is 19.9 Å². The number of benzene rings is 2. The zero-order valence-electron chi connectivity index (χ0n) is 16.1. The fourth-order valence-electron chi connectivity index (χ4n) is 3.40.